The van der Waals surface area contributed by atoms with E-state index in [0.29, 0.717) is 5.76 Å². The third-order valence-corrected chi connectivity index (χ3v) is 1.31. The van der Waals surface area contributed by atoms with Crippen molar-refractivity contribution in [2.24, 2.45) is 0 Å². The van der Waals surface area contributed by atoms with Crippen LogP contribution in [0.1, 0.15) is 20.8 Å². The van der Waals surface area contributed by atoms with E-state index in [0.717, 1.165) is 0 Å². The second-order valence-corrected chi connectivity index (χ2v) is 3.05. The van der Waals surface area contributed by atoms with Gasteiger partial charge in [-0.05, 0) is 6.92 Å². The molecular formula is C10H16O5. The number of carbonyl (C=O) groups is 2. The molecule has 0 aromatic heterocycles. The van der Waals surface area contributed by atoms with E-state index < -0.39 is 18.0 Å². The summed E-state index contributed by atoms with van der Waals surface area (Å²) < 4.78 is 14.7. The standard InChI is InChI=1S/C10H16O5/c1-7(2)15-10(5-13-8(3)11)6-14-9(4)12/h10H,1,5-6H2,2-4H3. The number of carbonyl (C=O) groups excluding carboxylic acids is 2. The molecule has 0 spiro atoms. The van der Waals surface area contributed by atoms with Crippen molar-refractivity contribution in [1.29, 1.82) is 0 Å². The first-order valence-corrected chi connectivity index (χ1v) is 4.50. The summed E-state index contributed by atoms with van der Waals surface area (Å²) in [5, 5.41) is 0. The molecule has 0 aliphatic carbocycles. The fourth-order valence-electron chi connectivity index (χ4n) is 0.821. The molecule has 0 atom stereocenters. The molecule has 0 aromatic rings. The van der Waals surface area contributed by atoms with E-state index in [2.05, 4.69) is 6.58 Å². The lowest BCUT2D eigenvalue weighted by Gasteiger charge is -2.18. The van der Waals surface area contributed by atoms with Crippen LogP contribution >= 0.6 is 0 Å². The maximum absolute atomic E-state index is 10.6. The molecule has 0 saturated heterocycles. The Morgan fingerprint density at radius 3 is 1.73 bits per heavy atom. The van der Waals surface area contributed by atoms with Crippen LogP contribution in [0.3, 0.4) is 0 Å². The highest BCUT2D eigenvalue weighted by Crippen LogP contribution is 2.02. The Balaban J connectivity index is 3.99. The Morgan fingerprint density at radius 2 is 1.47 bits per heavy atom. The Hall–Kier alpha value is -1.52. The molecule has 0 heterocycles. The van der Waals surface area contributed by atoms with Gasteiger partial charge in [-0.3, -0.25) is 9.59 Å². The quantitative estimate of drug-likeness (QED) is 0.490. The van der Waals surface area contributed by atoms with E-state index in [1.165, 1.54) is 13.8 Å². The van der Waals surface area contributed by atoms with Crippen LogP contribution in [0, 0.1) is 0 Å². The number of rotatable bonds is 6. The number of ether oxygens (including phenoxy) is 3. The number of hydrogen-bond acceptors (Lipinski definition) is 5. The SMILES string of the molecule is C=C(C)OC(COC(C)=O)COC(C)=O. The highest BCUT2D eigenvalue weighted by atomic mass is 16.6. The van der Waals surface area contributed by atoms with E-state index in [-0.39, 0.29) is 13.2 Å². The van der Waals surface area contributed by atoms with Crippen molar-refractivity contribution in [3.05, 3.63) is 12.3 Å². The van der Waals surface area contributed by atoms with Crippen LogP contribution < -0.4 is 0 Å². The summed E-state index contributed by atoms with van der Waals surface area (Å²) in [6, 6.07) is 0. The third kappa shape index (κ3) is 8.80. The lowest BCUT2D eigenvalue weighted by atomic mass is 10.4. The number of allylic oxidation sites excluding steroid dienone is 1. The Labute approximate surface area is 89.0 Å². The van der Waals surface area contributed by atoms with Gasteiger partial charge >= 0.3 is 11.9 Å². The van der Waals surface area contributed by atoms with E-state index >= 15 is 0 Å². The topological polar surface area (TPSA) is 61.8 Å². The fraction of sp³-hybridized carbons (Fsp3) is 0.600. The molecule has 0 aliphatic rings. The molecule has 0 fully saturated rings. The first-order chi connectivity index (χ1) is 6.91. The normalized spacial score (nSPS) is 9.60. The zero-order valence-electron chi connectivity index (χ0n) is 9.24. The first-order valence-electron chi connectivity index (χ1n) is 4.50. The van der Waals surface area contributed by atoms with Gasteiger partial charge in [0.1, 0.15) is 13.2 Å². The summed E-state index contributed by atoms with van der Waals surface area (Å²) in [7, 11) is 0. The zero-order chi connectivity index (χ0) is 11.8. The molecule has 5 nitrogen and oxygen atoms in total. The summed E-state index contributed by atoms with van der Waals surface area (Å²) in [4.78, 5) is 21.1. The lowest BCUT2D eigenvalue weighted by Crippen LogP contribution is -2.27. The molecule has 0 aliphatic heterocycles. The van der Waals surface area contributed by atoms with Crippen LogP contribution in [0.25, 0.3) is 0 Å². The van der Waals surface area contributed by atoms with Gasteiger partial charge in [0.05, 0.1) is 5.76 Å². The van der Waals surface area contributed by atoms with Crippen LogP contribution in [0.5, 0.6) is 0 Å². The van der Waals surface area contributed by atoms with Crippen molar-refractivity contribution in [2.45, 2.75) is 26.9 Å². The average molecular weight is 216 g/mol. The maximum atomic E-state index is 10.6. The first kappa shape index (κ1) is 13.5. The predicted molar refractivity (Wildman–Crippen MR) is 53.0 cm³/mol. The largest absolute Gasteiger partial charge is 0.489 e. The molecule has 0 rings (SSSR count). The Kier molecular flexibility index (Phi) is 6.17. The van der Waals surface area contributed by atoms with Crippen LogP contribution in [0.4, 0.5) is 0 Å². The van der Waals surface area contributed by atoms with Gasteiger partial charge in [0.25, 0.3) is 0 Å². The summed E-state index contributed by atoms with van der Waals surface area (Å²) >= 11 is 0. The molecule has 5 heteroatoms. The molecule has 15 heavy (non-hydrogen) atoms. The summed E-state index contributed by atoms with van der Waals surface area (Å²) in [5.74, 6) is -0.347. The molecule has 0 bridgehead atoms. The van der Waals surface area contributed by atoms with Crippen LogP contribution in [0.15, 0.2) is 12.3 Å². The smallest absolute Gasteiger partial charge is 0.302 e. The highest BCUT2D eigenvalue weighted by Gasteiger charge is 2.13. The van der Waals surface area contributed by atoms with E-state index in [4.69, 9.17) is 14.2 Å². The van der Waals surface area contributed by atoms with Gasteiger partial charge < -0.3 is 14.2 Å². The van der Waals surface area contributed by atoms with Crippen molar-refractivity contribution < 1.29 is 23.8 Å². The van der Waals surface area contributed by atoms with Gasteiger partial charge in [-0.1, -0.05) is 6.58 Å². The molecule has 0 saturated carbocycles. The van der Waals surface area contributed by atoms with E-state index in [1.807, 2.05) is 0 Å². The second-order valence-electron chi connectivity index (χ2n) is 3.05. The lowest BCUT2D eigenvalue weighted by molar-refractivity contribution is -0.150. The maximum Gasteiger partial charge on any atom is 0.302 e. The Morgan fingerprint density at radius 1 is 1.07 bits per heavy atom. The van der Waals surface area contributed by atoms with Crippen LogP contribution in [-0.4, -0.2) is 31.3 Å². The molecule has 0 radical (unpaired) electrons. The molecule has 0 aromatic carbocycles. The van der Waals surface area contributed by atoms with Gasteiger partial charge in [-0.15, -0.1) is 0 Å². The third-order valence-electron chi connectivity index (χ3n) is 1.31. The summed E-state index contributed by atoms with van der Waals surface area (Å²) in [6.07, 6.45) is -0.504. The minimum atomic E-state index is -0.504. The van der Waals surface area contributed by atoms with Crippen molar-refractivity contribution in [3.8, 4) is 0 Å². The van der Waals surface area contributed by atoms with Crippen molar-refractivity contribution in [1.82, 2.24) is 0 Å². The van der Waals surface area contributed by atoms with E-state index in [1.54, 1.807) is 6.92 Å². The molecule has 0 amide bonds. The second kappa shape index (κ2) is 6.86. The van der Waals surface area contributed by atoms with Gasteiger partial charge in [0.15, 0.2) is 6.10 Å². The van der Waals surface area contributed by atoms with Crippen LogP contribution in [0.2, 0.25) is 0 Å². The van der Waals surface area contributed by atoms with Crippen LogP contribution in [-0.2, 0) is 23.8 Å². The summed E-state index contributed by atoms with van der Waals surface area (Å²) in [6.45, 7) is 7.87. The van der Waals surface area contributed by atoms with Crippen molar-refractivity contribution in [3.63, 3.8) is 0 Å². The van der Waals surface area contributed by atoms with Crippen molar-refractivity contribution >= 4 is 11.9 Å². The number of esters is 2. The monoisotopic (exact) mass is 216 g/mol. The predicted octanol–water partition coefficient (Wildman–Crippen LogP) is 1.03. The van der Waals surface area contributed by atoms with Gasteiger partial charge in [-0.2, -0.15) is 0 Å². The number of hydrogen-bond donors (Lipinski definition) is 0. The minimum absolute atomic E-state index is 0.0372. The fourth-order valence-corrected chi connectivity index (χ4v) is 0.821. The highest BCUT2D eigenvalue weighted by molar-refractivity contribution is 5.66. The van der Waals surface area contributed by atoms with Gasteiger partial charge in [0, 0.05) is 13.8 Å². The van der Waals surface area contributed by atoms with Crippen molar-refractivity contribution in [2.75, 3.05) is 13.2 Å². The summed E-state index contributed by atoms with van der Waals surface area (Å²) in [5.41, 5.74) is 0. The Bertz CT molecular complexity index is 228. The molecular weight excluding hydrogens is 200 g/mol. The van der Waals surface area contributed by atoms with Gasteiger partial charge in [0.2, 0.25) is 0 Å². The van der Waals surface area contributed by atoms with Gasteiger partial charge in [-0.25, -0.2) is 0 Å². The molecule has 86 valence electrons. The van der Waals surface area contributed by atoms with E-state index in [9.17, 15) is 9.59 Å². The molecule has 0 unspecified atom stereocenters. The molecule has 0 N–H and O–H groups in total. The minimum Gasteiger partial charge on any atom is -0.489 e. The average Bonchev–Trinajstić information content (AvgIpc) is 2.08. The zero-order valence-corrected chi connectivity index (χ0v) is 9.24.